The van der Waals surface area contributed by atoms with Gasteiger partial charge in [0, 0.05) is 25.0 Å². The van der Waals surface area contributed by atoms with Gasteiger partial charge in [-0.25, -0.2) is 4.79 Å². The quantitative estimate of drug-likeness (QED) is 0.718. The number of rotatable bonds is 7. The number of hydrogen-bond acceptors (Lipinski definition) is 4. The SMILES string of the molecule is COc1ccc([C@H](O)CNC(=O)N[C@H](C)Cn2cccn2)cc1. The number of nitrogens with zero attached hydrogens (tertiary/aromatic N) is 2. The van der Waals surface area contributed by atoms with Crippen molar-refractivity contribution in [1.82, 2.24) is 20.4 Å². The number of nitrogens with one attached hydrogen (secondary N) is 2. The van der Waals surface area contributed by atoms with Gasteiger partial charge in [0.2, 0.25) is 0 Å². The zero-order valence-electron chi connectivity index (χ0n) is 13.3. The predicted molar refractivity (Wildman–Crippen MR) is 86.2 cm³/mol. The van der Waals surface area contributed by atoms with Crippen LogP contribution in [0.4, 0.5) is 4.79 Å². The van der Waals surface area contributed by atoms with E-state index in [2.05, 4.69) is 15.7 Å². The van der Waals surface area contributed by atoms with Crippen molar-refractivity contribution in [2.24, 2.45) is 0 Å². The third kappa shape index (κ3) is 5.30. The fraction of sp³-hybridized carbons (Fsp3) is 0.375. The smallest absolute Gasteiger partial charge is 0.315 e. The summed E-state index contributed by atoms with van der Waals surface area (Å²) in [4.78, 5) is 11.8. The van der Waals surface area contributed by atoms with E-state index in [4.69, 9.17) is 4.74 Å². The zero-order valence-corrected chi connectivity index (χ0v) is 13.3. The van der Waals surface area contributed by atoms with Gasteiger partial charge in [-0.1, -0.05) is 12.1 Å². The van der Waals surface area contributed by atoms with E-state index in [1.165, 1.54) is 0 Å². The fourth-order valence-corrected chi connectivity index (χ4v) is 2.14. The number of aliphatic hydroxyl groups is 1. The Kier molecular flexibility index (Phi) is 5.99. The first-order chi connectivity index (χ1) is 11.1. The molecule has 0 bridgehead atoms. The highest BCUT2D eigenvalue weighted by atomic mass is 16.5. The van der Waals surface area contributed by atoms with Crippen LogP contribution in [-0.4, -0.2) is 40.6 Å². The van der Waals surface area contributed by atoms with Gasteiger partial charge in [-0.15, -0.1) is 0 Å². The maximum absolute atomic E-state index is 11.8. The molecule has 0 aliphatic heterocycles. The van der Waals surface area contributed by atoms with E-state index >= 15 is 0 Å². The summed E-state index contributed by atoms with van der Waals surface area (Å²) in [6.07, 6.45) is 2.76. The third-order valence-electron chi connectivity index (χ3n) is 3.35. The molecule has 0 unspecified atom stereocenters. The standard InChI is InChI=1S/C16H22N4O3/c1-12(11-20-9-3-8-18-20)19-16(22)17-10-15(21)13-4-6-14(23-2)7-5-13/h3-9,12,15,21H,10-11H2,1-2H3,(H2,17,19,22)/t12-,15-/m1/s1. The Morgan fingerprint density at radius 3 is 2.74 bits per heavy atom. The van der Waals surface area contributed by atoms with Gasteiger partial charge < -0.3 is 20.5 Å². The molecule has 2 atom stereocenters. The van der Waals surface area contributed by atoms with Crippen LogP contribution in [0.2, 0.25) is 0 Å². The van der Waals surface area contributed by atoms with Gasteiger partial charge in [0.25, 0.3) is 0 Å². The lowest BCUT2D eigenvalue weighted by Crippen LogP contribution is -2.43. The summed E-state index contributed by atoms with van der Waals surface area (Å²) < 4.78 is 6.81. The maximum Gasteiger partial charge on any atom is 0.315 e. The molecule has 0 saturated carbocycles. The van der Waals surface area contributed by atoms with Crippen molar-refractivity contribution in [3.05, 3.63) is 48.3 Å². The average molecular weight is 318 g/mol. The molecular formula is C16H22N4O3. The van der Waals surface area contributed by atoms with Crippen molar-refractivity contribution >= 4 is 6.03 Å². The summed E-state index contributed by atoms with van der Waals surface area (Å²) in [5.41, 5.74) is 0.718. The second-order valence-corrected chi connectivity index (χ2v) is 5.27. The number of carbonyl (C=O) groups excluding carboxylic acids is 1. The Morgan fingerprint density at radius 2 is 2.13 bits per heavy atom. The van der Waals surface area contributed by atoms with Crippen molar-refractivity contribution in [3.8, 4) is 5.75 Å². The molecule has 0 saturated heterocycles. The molecule has 7 nitrogen and oxygen atoms in total. The molecule has 0 fully saturated rings. The molecule has 2 amide bonds. The van der Waals surface area contributed by atoms with Crippen molar-refractivity contribution in [2.45, 2.75) is 25.6 Å². The normalized spacial score (nSPS) is 13.2. The van der Waals surface area contributed by atoms with Gasteiger partial charge >= 0.3 is 6.03 Å². The molecule has 7 heteroatoms. The predicted octanol–water partition coefficient (Wildman–Crippen LogP) is 1.31. The summed E-state index contributed by atoms with van der Waals surface area (Å²) in [6, 6.07) is 8.51. The van der Waals surface area contributed by atoms with E-state index in [9.17, 15) is 9.90 Å². The van der Waals surface area contributed by atoms with Crippen LogP contribution in [0, 0.1) is 0 Å². The fourth-order valence-electron chi connectivity index (χ4n) is 2.14. The van der Waals surface area contributed by atoms with Gasteiger partial charge in [-0.3, -0.25) is 4.68 Å². The first-order valence-electron chi connectivity index (χ1n) is 7.42. The van der Waals surface area contributed by atoms with Crippen LogP contribution in [0.3, 0.4) is 0 Å². The molecule has 1 aromatic heterocycles. The Morgan fingerprint density at radius 1 is 1.39 bits per heavy atom. The van der Waals surface area contributed by atoms with Gasteiger partial charge in [0.05, 0.1) is 19.8 Å². The molecule has 0 radical (unpaired) electrons. The number of benzene rings is 1. The summed E-state index contributed by atoms with van der Waals surface area (Å²) in [5, 5.41) is 19.6. The van der Waals surface area contributed by atoms with E-state index in [1.807, 2.05) is 19.2 Å². The Bertz CT molecular complexity index is 598. The van der Waals surface area contributed by atoms with Crippen LogP contribution in [0.25, 0.3) is 0 Å². The summed E-state index contributed by atoms with van der Waals surface area (Å²) in [7, 11) is 1.59. The molecule has 0 aliphatic carbocycles. The van der Waals surface area contributed by atoms with E-state index in [0.29, 0.717) is 6.54 Å². The minimum Gasteiger partial charge on any atom is -0.497 e. The average Bonchev–Trinajstić information content (AvgIpc) is 3.05. The number of methoxy groups -OCH3 is 1. The lowest BCUT2D eigenvalue weighted by molar-refractivity contribution is 0.172. The summed E-state index contributed by atoms with van der Waals surface area (Å²) >= 11 is 0. The van der Waals surface area contributed by atoms with Crippen LogP contribution in [0.15, 0.2) is 42.7 Å². The van der Waals surface area contributed by atoms with Crippen LogP contribution in [0.1, 0.15) is 18.6 Å². The Labute approximate surface area is 135 Å². The lowest BCUT2D eigenvalue weighted by Gasteiger charge is -2.17. The molecule has 1 heterocycles. The summed E-state index contributed by atoms with van der Waals surface area (Å²) in [5.74, 6) is 0.721. The van der Waals surface area contributed by atoms with Crippen molar-refractivity contribution in [1.29, 1.82) is 0 Å². The Hall–Kier alpha value is -2.54. The second-order valence-electron chi connectivity index (χ2n) is 5.27. The molecule has 0 spiro atoms. The highest BCUT2D eigenvalue weighted by molar-refractivity contribution is 5.74. The van der Waals surface area contributed by atoms with E-state index < -0.39 is 6.10 Å². The Balaban J connectivity index is 1.74. The second kappa shape index (κ2) is 8.19. The van der Waals surface area contributed by atoms with Crippen LogP contribution in [0.5, 0.6) is 5.75 Å². The minimum atomic E-state index is -0.770. The molecule has 0 aliphatic rings. The highest BCUT2D eigenvalue weighted by Crippen LogP contribution is 2.16. The third-order valence-corrected chi connectivity index (χ3v) is 3.35. The number of aromatic nitrogens is 2. The highest BCUT2D eigenvalue weighted by Gasteiger charge is 2.11. The number of hydrogen-bond donors (Lipinski definition) is 3. The minimum absolute atomic E-state index is 0.0759. The molecule has 1 aromatic carbocycles. The topological polar surface area (TPSA) is 88.4 Å². The number of aliphatic hydroxyl groups excluding tert-OH is 1. The van der Waals surface area contributed by atoms with E-state index in [1.54, 1.807) is 42.3 Å². The molecule has 2 rings (SSSR count). The first-order valence-corrected chi connectivity index (χ1v) is 7.42. The molecule has 124 valence electrons. The zero-order chi connectivity index (χ0) is 16.7. The molecule has 3 N–H and O–H groups in total. The number of urea groups is 1. The van der Waals surface area contributed by atoms with Crippen LogP contribution in [-0.2, 0) is 6.54 Å². The molecule has 23 heavy (non-hydrogen) atoms. The number of ether oxygens (including phenoxy) is 1. The van der Waals surface area contributed by atoms with E-state index in [-0.39, 0.29) is 18.6 Å². The lowest BCUT2D eigenvalue weighted by atomic mass is 10.1. The van der Waals surface area contributed by atoms with Gasteiger partial charge in [-0.2, -0.15) is 5.10 Å². The van der Waals surface area contributed by atoms with Crippen LogP contribution >= 0.6 is 0 Å². The largest absolute Gasteiger partial charge is 0.497 e. The van der Waals surface area contributed by atoms with Crippen molar-refractivity contribution in [2.75, 3.05) is 13.7 Å². The van der Waals surface area contributed by atoms with Gasteiger partial charge in [0.1, 0.15) is 5.75 Å². The van der Waals surface area contributed by atoms with E-state index in [0.717, 1.165) is 11.3 Å². The van der Waals surface area contributed by atoms with Crippen molar-refractivity contribution < 1.29 is 14.6 Å². The molecule has 2 aromatic rings. The first kappa shape index (κ1) is 16.8. The van der Waals surface area contributed by atoms with Crippen LogP contribution < -0.4 is 15.4 Å². The monoisotopic (exact) mass is 318 g/mol. The number of carbonyl (C=O) groups is 1. The van der Waals surface area contributed by atoms with Gasteiger partial charge in [0.15, 0.2) is 0 Å². The number of amides is 2. The van der Waals surface area contributed by atoms with Crippen molar-refractivity contribution in [3.63, 3.8) is 0 Å². The molecular weight excluding hydrogens is 296 g/mol. The maximum atomic E-state index is 11.8. The summed E-state index contributed by atoms with van der Waals surface area (Å²) in [6.45, 7) is 2.61. The van der Waals surface area contributed by atoms with Gasteiger partial charge in [-0.05, 0) is 30.7 Å².